The van der Waals surface area contributed by atoms with Crippen molar-refractivity contribution in [3.63, 3.8) is 0 Å². The van der Waals surface area contributed by atoms with Crippen molar-refractivity contribution in [2.45, 2.75) is 0 Å². The molecule has 0 bridgehead atoms. The summed E-state index contributed by atoms with van der Waals surface area (Å²) in [5.74, 6) is -1.55. The van der Waals surface area contributed by atoms with Crippen molar-refractivity contribution < 1.29 is 19.7 Å². The number of phenolic OH excluding ortho intramolecular Hbond substituents is 1. The van der Waals surface area contributed by atoms with Gasteiger partial charge in [0.05, 0.1) is 15.9 Å². The summed E-state index contributed by atoms with van der Waals surface area (Å²) in [7, 11) is 0. The van der Waals surface area contributed by atoms with Crippen molar-refractivity contribution in [1.29, 1.82) is 5.26 Å². The van der Waals surface area contributed by atoms with Crippen LogP contribution in [0.2, 0.25) is 0 Å². The molecular formula is C16H9N3O6. The Morgan fingerprint density at radius 2 is 1.76 bits per heavy atom. The molecule has 2 rings (SSSR count). The molecule has 9 nitrogen and oxygen atoms in total. The van der Waals surface area contributed by atoms with Crippen molar-refractivity contribution in [3.8, 4) is 11.8 Å². The molecule has 2 aromatic rings. The maximum Gasteiger partial charge on any atom is 0.318 e. The summed E-state index contributed by atoms with van der Waals surface area (Å²) in [4.78, 5) is 32.2. The number of nitrogens with zero attached hydrogens (tertiary/aromatic N) is 3. The highest BCUT2D eigenvalue weighted by Crippen LogP contribution is 2.35. The zero-order chi connectivity index (χ0) is 18.6. The van der Waals surface area contributed by atoms with E-state index in [-0.39, 0.29) is 11.1 Å². The third kappa shape index (κ3) is 3.65. The fourth-order valence-electron chi connectivity index (χ4n) is 2.03. The van der Waals surface area contributed by atoms with Crippen LogP contribution in [0.5, 0.6) is 5.75 Å². The summed E-state index contributed by atoms with van der Waals surface area (Å²) < 4.78 is 0. The van der Waals surface area contributed by atoms with Crippen molar-refractivity contribution in [2.75, 3.05) is 0 Å². The Hall–Kier alpha value is -4.06. The van der Waals surface area contributed by atoms with Gasteiger partial charge >= 0.3 is 5.69 Å². The number of nitro benzene ring substituents is 2. The summed E-state index contributed by atoms with van der Waals surface area (Å²) >= 11 is 0. The van der Waals surface area contributed by atoms with E-state index in [4.69, 9.17) is 0 Å². The molecule has 1 N–H and O–H groups in total. The molecule has 0 radical (unpaired) electrons. The fourth-order valence-corrected chi connectivity index (χ4v) is 2.03. The molecule has 0 heterocycles. The molecule has 0 aromatic heterocycles. The van der Waals surface area contributed by atoms with Crippen LogP contribution in [0.15, 0.2) is 48.0 Å². The molecule has 0 aliphatic carbocycles. The second kappa shape index (κ2) is 7.01. The lowest BCUT2D eigenvalue weighted by Gasteiger charge is -2.03. The van der Waals surface area contributed by atoms with Crippen LogP contribution in [0.1, 0.15) is 15.9 Å². The van der Waals surface area contributed by atoms with Crippen molar-refractivity contribution in [1.82, 2.24) is 0 Å². The first-order valence-electron chi connectivity index (χ1n) is 6.72. The van der Waals surface area contributed by atoms with E-state index in [0.717, 1.165) is 12.1 Å². The predicted octanol–water partition coefficient (Wildman–Crippen LogP) is 3.00. The smallest absolute Gasteiger partial charge is 0.318 e. The molecule has 0 aliphatic rings. The van der Waals surface area contributed by atoms with E-state index in [0.29, 0.717) is 6.07 Å². The van der Waals surface area contributed by atoms with Gasteiger partial charge in [-0.3, -0.25) is 25.0 Å². The minimum atomic E-state index is -0.995. The fraction of sp³-hybridized carbons (Fsp3) is 0. The van der Waals surface area contributed by atoms with E-state index in [9.17, 15) is 35.4 Å². The van der Waals surface area contributed by atoms with E-state index in [1.165, 1.54) is 12.1 Å². The minimum Gasteiger partial charge on any atom is -0.502 e. The van der Waals surface area contributed by atoms with Gasteiger partial charge in [-0.1, -0.05) is 30.3 Å². The number of benzene rings is 2. The van der Waals surface area contributed by atoms with Gasteiger partial charge in [0.1, 0.15) is 11.6 Å². The highest BCUT2D eigenvalue weighted by atomic mass is 16.6. The Bertz CT molecular complexity index is 944. The normalized spacial score (nSPS) is 10.8. The molecule has 0 amide bonds. The zero-order valence-electron chi connectivity index (χ0n) is 12.4. The Labute approximate surface area is 140 Å². The van der Waals surface area contributed by atoms with E-state index < -0.39 is 38.3 Å². The molecular weight excluding hydrogens is 330 g/mol. The van der Waals surface area contributed by atoms with Crippen LogP contribution in [0.4, 0.5) is 11.4 Å². The van der Waals surface area contributed by atoms with Crippen LogP contribution < -0.4 is 0 Å². The molecule has 0 fully saturated rings. The number of allylic oxidation sites excluding steroid dienone is 1. The largest absolute Gasteiger partial charge is 0.502 e. The summed E-state index contributed by atoms with van der Waals surface area (Å²) in [6.45, 7) is 0. The third-order valence-corrected chi connectivity index (χ3v) is 3.21. The maximum atomic E-state index is 12.3. The van der Waals surface area contributed by atoms with Crippen molar-refractivity contribution >= 4 is 23.2 Å². The summed E-state index contributed by atoms with van der Waals surface area (Å²) in [5.41, 5.74) is -2.17. The second-order valence-corrected chi connectivity index (χ2v) is 4.78. The number of Topliss-reactive ketones (excluding diaryl/α,β-unsaturated/α-hetero) is 1. The minimum absolute atomic E-state index is 0.190. The lowest BCUT2D eigenvalue weighted by atomic mass is 10.0. The van der Waals surface area contributed by atoms with Crippen molar-refractivity contribution in [2.24, 2.45) is 0 Å². The number of non-ortho nitro benzene ring substituents is 1. The van der Waals surface area contributed by atoms with E-state index >= 15 is 0 Å². The van der Waals surface area contributed by atoms with E-state index in [1.807, 2.05) is 0 Å². The van der Waals surface area contributed by atoms with E-state index in [1.54, 1.807) is 24.3 Å². The Balaban J connectivity index is 2.61. The number of ketones is 1. The molecule has 0 atom stereocenters. The van der Waals surface area contributed by atoms with Gasteiger partial charge in [0, 0.05) is 17.2 Å². The highest BCUT2D eigenvalue weighted by Gasteiger charge is 2.24. The number of nitriles is 1. The first-order chi connectivity index (χ1) is 11.8. The molecule has 0 saturated carbocycles. The average Bonchev–Trinajstić information content (AvgIpc) is 2.60. The van der Waals surface area contributed by atoms with Crippen molar-refractivity contribution in [3.05, 3.63) is 79.4 Å². The lowest BCUT2D eigenvalue weighted by molar-refractivity contribution is -0.394. The molecule has 124 valence electrons. The Morgan fingerprint density at radius 3 is 2.28 bits per heavy atom. The summed E-state index contributed by atoms with van der Waals surface area (Å²) in [5, 5.41) is 40.9. The van der Waals surface area contributed by atoms with Gasteiger partial charge in [-0.15, -0.1) is 0 Å². The van der Waals surface area contributed by atoms with Crippen LogP contribution in [-0.2, 0) is 0 Å². The first-order valence-corrected chi connectivity index (χ1v) is 6.72. The van der Waals surface area contributed by atoms with E-state index in [2.05, 4.69) is 0 Å². The van der Waals surface area contributed by atoms with Crippen LogP contribution >= 0.6 is 0 Å². The maximum absolute atomic E-state index is 12.3. The summed E-state index contributed by atoms with van der Waals surface area (Å²) in [6.07, 6.45) is 0.880. The molecule has 0 unspecified atom stereocenters. The quantitative estimate of drug-likeness (QED) is 0.289. The number of rotatable bonds is 5. The summed E-state index contributed by atoms with van der Waals surface area (Å²) in [6, 6.07) is 10.8. The number of hydrogen-bond donors (Lipinski definition) is 1. The van der Waals surface area contributed by atoms with Gasteiger partial charge < -0.3 is 5.11 Å². The molecule has 9 heteroatoms. The van der Waals surface area contributed by atoms with Crippen LogP contribution in [0.3, 0.4) is 0 Å². The average molecular weight is 339 g/mol. The Kier molecular flexibility index (Phi) is 4.85. The predicted molar refractivity (Wildman–Crippen MR) is 85.8 cm³/mol. The Morgan fingerprint density at radius 1 is 1.12 bits per heavy atom. The number of nitro groups is 2. The number of carbonyl (C=O) groups excluding carboxylic acids is 1. The number of aromatic hydroxyl groups is 1. The third-order valence-electron chi connectivity index (χ3n) is 3.21. The number of phenols is 1. The van der Waals surface area contributed by atoms with Crippen LogP contribution in [-0.4, -0.2) is 20.7 Å². The molecule has 0 aliphatic heterocycles. The van der Waals surface area contributed by atoms with Gasteiger partial charge in [-0.05, 0) is 6.08 Å². The topological polar surface area (TPSA) is 147 Å². The van der Waals surface area contributed by atoms with Gasteiger partial charge in [0.25, 0.3) is 5.69 Å². The number of hydrogen-bond acceptors (Lipinski definition) is 7. The second-order valence-electron chi connectivity index (χ2n) is 4.78. The highest BCUT2D eigenvalue weighted by molar-refractivity contribution is 6.14. The first kappa shape index (κ1) is 17.3. The van der Waals surface area contributed by atoms with Crippen LogP contribution in [0.25, 0.3) is 6.08 Å². The standard InChI is InChI=1S/C16H9N3O6/c17-9-12(15(20)10-4-2-1-3-5-10)6-11-7-13(18(22)23)8-14(16(11)21)19(24)25/h1-8,21H/b12-6+. The molecule has 25 heavy (non-hydrogen) atoms. The number of carbonyl (C=O) groups is 1. The van der Waals surface area contributed by atoms with Gasteiger partial charge in [0.15, 0.2) is 0 Å². The molecule has 0 saturated heterocycles. The zero-order valence-corrected chi connectivity index (χ0v) is 12.4. The lowest BCUT2D eigenvalue weighted by Crippen LogP contribution is -2.02. The van der Waals surface area contributed by atoms with Gasteiger partial charge in [-0.2, -0.15) is 5.26 Å². The van der Waals surface area contributed by atoms with Gasteiger partial charge in [-0.25, -0.2) is 0 Å². The van der Waals surface area contributed by atoms with Gasteiger partial charge in [0.2, 0.25) is 11.5 Å². The SMILES string of the molecule is N#C/C(=C\c1cc([N+](=O)[O-])cc([N+](=O)[O-])c1O)C(=O)c1ccccc1. The monoisotopic (exact) mass is 339 g/mol. The molecule has 2 aromatic carbocycles. The molecule has 0 spiro atoms. The van der Waals surface area contributed by atoms with Crippen LogP contribution in [0, 0.1) is 31.6 Å².